The van der Waals surface area contributed by atoms with Crippen LogP contribution in [0.2, 0.25) is 0 Å². The number of rotatable bonds is 3. The minimum Gasteiger partial charge on any atom is -0.487 e. The Balaban J connectivity index is 1.39. The highest BCUT2D eigenvalue weighted by Gasteiger charge is 2.39. The molecule has 1 fully saturated rings. The number of hydrogen-bond acceptors (Lipinski definition) is 4. The minimum atomic E-state index is -0.719. The largest absolute Gasteiger partial charge is 0.487 e. The van der Waals surface area contributed by atoms with Gasteiger partial charge in [0, 0.05) is 24.8 Å². The van der Waals surface area contributed by atoms with Gasteiger partial charge in [-0.25, -0.2) is 23.0 Å². The molecular weight excluding hydrogens is 385 g/mol. The smallest absolute Gasteiger partial charge is 0.341 e. The molecule has 29 heavy (non-hydrogen) atoms. The van der Waals surface area contributed by atoms with E-state index in [1.54, 1.807) is 0 Å². The van der Waals surface area contributed by atoms with Crippen molar-refractivity contribution in [1.29, 1.82) is 5.26 Å². The van der Waals surface area contributed by atoms with Crippen molar-refractivity contribution in [2.24, 2.45) is 5.10 Å². The first-order chi connectivity index (χ1) is 13.9. The Bertz CT molecular complexity index is 1010. The van der Waals surface area contributed by atoms with Crippen molar-refractivity contribution in [2.75, 3.05) is 13.1 Å². The first kappa shape index (κ1) is 18.8. The molecule has 2 aliphatic heterocycles. The number of benzene rings is 2. The number of urea groups is 1. The fourth-order valence-corrected chi connectivity index (χ4v) is 3.34. The maximum absolute atomic E-state index is 13.5. The third-order valence-corrected chi connectivity index (χ3v) is 4.72. The van der Waals surface area contributed by atoms with Crippen LogP contribution >= 0.6 is 0 Å². The second kappa shape index (κ2) is 7.47. The zero-order chi connectivity index (χ0) is 20.5. The fourth-order valence-electron chi connectivity index (χ4n) is 3.34. The van der Waals surface area contributed by atoms with Crippen LogP contribution in [0.25, 0.3) is 0 Å². The van der Waals surface area contributed by atoms with Crippen molar-refractivity contribution < 1.29 is 22.7 Å². The molecule has 2 aliphatic rings. The zero-order valence-electron chi connectivity index (χ0n) is 15.1. The van der Waals surface area contributed by atoms with Gasteiger partial charge in [0.05, 0.1) is 30.8 Å². The molecule has 2 heterocycles. The third kappa shape index (κ3) is 3.87. The number of nitrogens with zero attached hydrogens (tertiary/aromatic N) is 4. The number of halogens is 3. The molecule has 2 aromatic rings. The summed E-state index contributed by atoms with van der Waals surface area (Å²) in [5.74, 6) is -1.80. The van der Waals surface area contributed by atoms with Crippen molar-refractivity contribution >= 4 is 12.2 Å². The molecule has 0 unspecified atom stereocenters. The molecule has 1 atom stereocenters. The highest BCUT2D eigenvalue weighted by molar-refractivity contribution is 5.79. The summed E-state index contributed by atoms with van der Waals surface area (Å²) in [7, 11) is 0. The molecule has 0 saturated carbocycles. The molecule has 148 valence electrons. The van der Waals surface area contributed by atoms with E-state index in [1.165, 1.54) is 40.4 Å². The van der Waals surface area contributed by atoms with Gasteiger partial charge in [0.1, 0.15) is 29.3 Å². The lowest BCUT2D eigenvalue weighted by Crippen LogP contribution is -2.58. The maximum Gasteiger partial charge on any atom is 0.341 e. The van der Waals surface area contributed by atoms with E-state index < -0.39 is 29.5 Å². The Morgan fingerprint density at radius 2 is 1.76 bits per heavy atom. The lowest BCUT2D eigenvalue weighted by atomic mass is 10.0. The summed E-state index contributed by atoms with van der Waals surface area (Å²) in [6.07, 6.45) is 1.52. The molecule has 2 aromatic carbocycles. The van der Waals surface area contributed by atoms with Crippen molar-refractivity contribution in [1.82, 2.24) is 9.91 Å². The molecule has 0 N–H and O–H groups in total. The second-order valence-corrected chi connectivity index (χ2v) is 6.81. The van der Waals surface area contributed by atoms with Gasteiger partial charge in [-0.15, -0.1) is 0 Å². The van der Waals surface area contributed by atoms with Gasteiger partial charge in [-0.2, -0.15) is 10.4 Å². The van der Waals surface area contributed by atoms with Gasteiger partial charge in [-0.05, 0) is 29.8 Å². The number of carbonyl (C=O) groups is 1. The van der Waals surface area contributed by atoms with Crippen molar-refractivity contribution in [3.63, 3.8) is 0 Å². The summed E-state index contributed by atoms with van der Waals surface area (Å²) >= 11 is 0. The van der Waals surface area contributed by atoms with Crippen LogP contribution in [0.4, 0.5) is 18.0 Å². The molecule has 0 aromatic heterocycles. The molecule has 2 amide bonds. The standard InChI is InChI=1S/C20H15F3N4O2/c21-14-3-12(9-24)4-17(8-14)29-18-10-26(11-18)20(28)27-19(1-2-25-27)13-5-15(22)7-16(23)6-13/h2-8,18-19H,1,10-11H2/t19-/m0/s1. The number of likely N-dealkylation sites (tertiary alicyclic amines) is 1. The van der Waals surface area contributed by atoms with Crippen LogP contribution in [0.3, 0.4) is 0 Å². The number of hydrogen-bond donors (Lipinski definition) is 0. The predicted molar refractivity (Wildman–Crippen MR) is 96.5 cm³/mol. The number of amides is 2. The lowest BCUT2D eigenvalue weighted by Gasteiger charge is -2.41. The summed E-state index contributed by atoms with van der Waals surface area (Å²) in [5, 5.41) is 14.1. The van der Waals surface area contributed by atoms with E-state index in [2.05, 4.69) is 5.10 Å². The van der Waals surface area contributed by atoms with Crippen molar-refractivity contribution in [3.05, 3.63) is 65.0 Å². The van der Waals surface area contributed by atoms with Gasteiger partial charge in [-0.1, -0.05) is 0 Å². The average Bonchev–Trinajstić information content (AvgIpc) is 3.12. The summed E-state index contributed by atoms with van der Waals surface area (Å²) in [5.41, 5.74) is 0.467. The van der Waals surface area contributed by atoms with Crippen LogP contribution in [0.5, 0.6) is 5.75 Å². The second-order valence-electron chi connectivity index (χ2n) is 6.81. The number of nitriles is 1. The van der Waals surface area contributed by atoms with Crippen LogP contribution in [0.15, 0.2) is 41.5 Å². The Hall–Kier alpha value is -3.54. The maximum atomic E-state index is 13.5. The highest BCUT2D eigenvalue weighted by atomic mass is 19.1. The van der Waals surface area contributed by atoms with E-state index >= 15 is 0 Å². The van der Waals surface area contributed by atoms with Crippen LogP contribution in [-0.4, -0.2) is 41.3 Å². The van der Waals surface area contributed by atoms with Crippen molar-refractivity contribution in [3.8, 4) is 11.8 Å². The van der Waals surface area contributed by atoms with Gasteiger partial charge < -0.3 is 9.64 Å². The summed E-state index contributed by atoms with van der Waals surface area (Å²) in [6, 6.07) is 7.68. The molecule has 9 heteroatoms. The monoisotopic (exact) mass is 400 g/mol. The number of carbonyl (C=O) groups excluding carboxylic acids is 1. The predicted octanol–water partition coefficient (Wildman–Crippen LogP) is 3.59. The lowest BCUT2D eigenvalue weighted by molar-refractivity contribution is 0.0275. The molecule has 0 spiro atoms. The summed E-state index contributed by atoms with van der Waals surface area (Å²) in [4.78, 5) is 14.2. The van der Waals surface area contributed by atoms with E-state index in [4.69, 9.17) is 10.00 Å². The van der Waals surface area contributed by atoms with Crippen LogP contribution in [0.1, 0.15) is 23.6 Å². The SMILES string of the molecule is N#Cc1cc(F)cc(OC2CN(C(=O)N3N=CC[C@H]3c3cc(F)cc(F)c3)C2)c1. The number of hydrazone groups is 1. The topological polar surface area (TPSA) is 68.9 Å². The van der Waals surface area contributed by atoms with Gasteiger partial charge in [0.25, 0.3) is 0 Å². The van der Waals surface area contributed by atoms with Gasteiger partial charge in [0.15, 0.2) is 0 Å². The van der Waals surface area contributed by atoms with Gasteiger partial charge in [-0.3, -0.25) is 0 Å². The van der Waals surface area contributed by atoms with Gasteiger partial charge in [0.2, 0.25) is 0 Å². The molecule has 0 bridgehead atoms. The van der Waals surface area contributed by atoms with E-state index in [0.29, 0.717) is 12.0 Å². The Labute approximate surface area is 164 Å². The van der Waals surface area contributed by atoms with Crippen LogP contribution < -0.4 is 4.74 Å². The van der Waals surface area contributed by atoms with E-state index in [9.17, 15) is 18.0 Å². The van der Waals surface area contributed by atoms with E-state index in [-0.39, 0.29) is 30.5 Å². The van der Waals surface area contributed by atoms with E-state index in [1.807, 2.05) is 6.07 Å². The molecule has 0 radical (unpaired) electrons. The first-order valence-corrected chi connectivity index (χ1v) is 8.87. The first-order valence-electron chi connectivity index (χ1n) is 8.87. The average molecular weight is 400 g/mol. The quantitative estimate of drug-likeness (QED) is 0.791. The fraction of sp³-hybridized carbons (Fsp3) is 0.250. The molecule has 1 saturated heterocycles. The molecular formula is C20H15F3N4O2. The Morgan fingerprint density at radius 1 is 1.07 bits per heavy atom. The number of ether oxygens (including phenoxy) is 1. The van der Waals surface area contributed by atoms with Crippen molar-refractivity contribution in [2.45, 2.75) is 18.6 Å². The molecule has 0 aliphatic carbocycles. The minimum absolute atomic E-state index is 0.142. The normalized spacial score (nSPS) is 18.5. The van der Waals surface area contributed by atoms with Gasteiger partial charge >= 0.3 is 6.03 Å². The Morgan fingerprint density at radius 3 is 2.45 bits per heavy atom. The summed E-state index contributed by atoms with van der Waals surface area (Å²) in [6.45, 7) is 0.487. The third-order valence-electron chi connectivity index (χ3n) is 4.72. The van der Waals surface area contributed by atoms with E-state index in [0.717, 1.165) is 12.1 Å². The zero-order valence-corrected chi connectivity index (χ0v) is 15.1. The van der Waals surface area contributed by atoms with Crippen LogP contribution in [-0.2, 0) is 0 Å². The molecule has 6 nitrogen and oxygen atoms in total. The highest BCUT2D eigenvalue weighted by Crippen LogP contribution is 2.31. The van der Waals surface area contributed by atoms with Crippen LogP contribution in [0, 0.1) is 28.8 Å². The Kier molecular flexibility index (Phi) is 4.84. The molecule has 4 rings (SSSR count). The summed E-state index contributed by atoms with van der Waals surface area (Å²) < 4.78 is 46.2.